The molecule has 0 spiro atoms. The van der Waals surface area contributed by atoms with E-state index in [9.17, 15) is 8.42 Å². The zero-order valence-electron chi connectivity index (χ0n) is 6.23. The van der Waals surface area contributed by atoms with Crippen molar-refractivity contribution in [1.82, 2.24) is 0 Å². The number of phenolic OH excluding ortho intramolecular Hbond substituents is 1. The van der Waals surface area contributed by atoms with Crippen molar-refractivity contribution < 1.29 is 13.5 Å². The Balaban J connectivity index is 2.59. The molecule has 0 unspecified atom stereocenters. The summed E-state index contributed by atoms with van der Waals surface area (Å²) in [4.78, 5) is 0. The van der Waals surface area contributed by atoms with Gasteiger partial charge in [0.2, 0.25) is 0 Å². The molecule has 0 aromatic heterocycles. The third-order valence-corrected chi connectivity index (χ3v) is 1.70. The molecular weight excluding hydrogens is 178 g/mol. The van der Waals surface area contributed by atoms with Gasteiger partial charge < -0.3 is 10.4 Å². The van der Waals surface area contributed by atoms with E-state index in [-0.39, 0.29) is 11.6 Å². The summed E-state index contributed by atoms with van der Waals surface area (Å²) in [5.74, 6) is 0.0761. The Labute approximate surface area is 71.8 Å². The minimum absolute atomic E-state index is 0.0832. The summed E-state index contributed by atoms with van der Waals surface area (Å²) in [7, 11) is -2.41. The van der Waals surface area contributed by atoms with Crippen LogP contribution in [0.2, 0.25) is 0 Å². The lowest BCUT2D eigenvalue weighted by Gasteiger charge is -2.00. The zero-order valence-corrected chi connectivity index (χ0v) is 7.12. The lowest BCUT2D eigenvalue weighted by atomic mass is 10.3. The topological polar surface area (TPSA) is 66.4 Å². The minimum Gasteiger partial charge on any atom is -0.508 e. The summed E-state index contributed by atoms with van der Waals surface area (Å²) in [5, 5.41) is 11.6. The van der Waals surface area contributed by atoms with Crippen LogP contribution in [-0.4, -0.2) is 19.4 Å². The second kappa shape index (κ2) is 3.96. The molecule has 0 amide bonds. The number of hydrogen-bond donors (Lipinski definition) is 3. The monoisotopic (exact) mass is 187 g/mol. The summed E-state index contributed by atoms with van der Waals surface area (Å²) in [6, 6.07) is 6.18. The summed E-state index contributed by atoms with van der Waals surface area (Å²) in [6.07, 6.45) is 0. The second-order valence-corrected chi connectivity index (χ2v) is 3.20. The third kappa shape index (κ3) is 2.79. The van der Waals surface area contributed by atoms with Gasteiger partial charge >= 0.3 is 0 Å². The Morgan fingerprint density at radius 1 is 1.25 bits per heavy atom. The lowest BCUT2D eigenvalue weighted by molar-refractivity contribution is 0.475. The quantitative estimate of drug-likeness (QED) is 0.472. The molecule has 2 N–H and O–H groups in total. The highest BCUT2D eigenvalue weighted by atomic mass is 32.2. The van der Waals surface area contributed by atoms with Gasteiger partial charge in [0.1, 0.15) is 11.6 Å². The van der Waals surface area contributed by atoms with Crippen molar-refractivity contribution in [3.8, 4) is 5.75 Å². The Bertz CT molecular complexity index is 310. The molecule has 0 radical (unpaired) electrons. The van der Waals surface area contributed by atoms with Crippen molar-refractivity contribution in [3.63, 3.8) is 0 Å². The number of thiol groups is 1. The van der Waals surface area contributed by atoms with Gasteiger partial charge in [-0.25, -0.2) is 8.42 Å². The molecule has 0 saturated heterocycles. The molecule has 5 heteroatoms. The van der Waals surface area contributed by atoms with Crippen LogP contribution in [0.25, 0.3) is 0 Å². The maximum absolute atomic E-state index is 10.2. The molecule has 0 saturated carbocycles. The van der Waals surface area contributed by atoms with Crippen LogP contribution in [0.1, 0.15) is 0 Å². The highest BCUT2D eigenvalue weighted by molar-refractivity contribution is 7.72. The van der Waals surface area contributed by atoms with E-state index in [1.807, 2.05) is 0 Å². The zero-order chi connectivity index (χ0) is 8.97. The molecule has 0 bridgehead atoms. The van der Waals surface area contributed by atoms with Crippen LogP contribution in [-0.2, 0) is 10.7 Å². The first kappa shape index (κ1) is 8.86. The fraction of sp³-hybridized carbons (Fsp3) is 0.143. The van der Waals surface area contributed by atoms with E-state index in [1.165, 1.54) is 12.1 Å². The molecule has 12 heavy (non-hydrogen) atoms. The SMILES string of the molecule is O=[SH](=O)CNc1ccc(O)cc1. The average Bonchev–Trinajstić information content (AvgIpc) is 2.03. The van der Waals surface area contributed by atoms with Gasteiger partial charge in [-0.3, -0.25) is 0 Å². The smallest absolute Gasteiger partial charge is 0.158 e. The average molecular weight is 187 g/mol. The van der Waals surface area contributed by atoms with Crippen molar-refractivity contribution >= 4 is 16.4 Å². The fourth-order valence-corrected chi connectivity index (χ4v) is 1.05. The van der Waals surface area contributed by atoms with Crippen molar-refractivity contribution in [1.29, 1.82) is 0 Å². The van der Waals surface area contributed by atoms with Gasteiger partial charge in [-0.1, -0.05) is 0 Å². The van der Waals surface area contributed by atoms with E-state index >= 15 is 0 Å². The molecule has 0 aliphatic rings. The Morgan fingerprint density at radius 3 is 2.33 bits per heavy atom. The van der Waals surface area contributed by atoms with E-state index in [1.54, 1.807) is 12.1 Å². The summed E-state index contributed by atoms with van der Waals surface area (Å²) in [5.41, 5.74) is 0.673. The Morgan fingerprint density at radius 2 is 1.83 bits per heavy atom. The molecule has 4 nitrogen and oxygen atoms in total. The summed E-state index contributed by atoms with van der Waals surface area (Å²) >= 11 is 0. The predicted molar refractivity (Wildman–Crippen MR) is 46.9 cm³/mol. The van der Waals surface area contributed by atoms with Crippen LogP contribution in [0.4, 0.5) is 5.69 Å². The van der Waals surface area contributed by atoms with Crippen LogP contribution < -0.4 is 5.32 Å². The van der Waals surface area contributed by atoms with E-state index in [0.717, 1.165) is 0 Å². The van der Waals surface area contributed by atoms with E-state index in [0.29, 0.717) is 5.69 Å². The number of anilines is 1. The van der Waals surface area contributed by atoms with Gasteiger partial charge in [0.05, 0.1) is 0 Å². The first-order valence-electron chi connectivity index (χ1n) is 3.33. The number of aromatic hydroxyl groups is 1. The summed E-state index contributed by atoms with van der Waals surface area (Å²) < 4.78 is 20.3. The van der Waals surface area contributed by atoms with Gasteiger partial charge in [-0.2, -0.15) is 0 Å². The first-order chi connectivity index (χ1) is 5.68. The number of rotatable bonds is 3. The molecule has 1 aromatic rings. The number of phenols is 1. The highest BCUT2D eigenvalue weighted by Gasteiger charge is 1.91. The van der Waals surface area contributed by atoms with Crippen LogP contribution in [0.3, 0.4) is 0 Å². The fourth-order valence-electron chi connectivity index (χ4n) is 0.735. The van der Waals surface area contributed by atoms with Crippen LogP contribution in [0, 0.1) is 0 Å². The third-order valence-electron chi connectivity index (χ3n) is 1.28. The van der Waals surface area contributed by atoms with E-state index in [2.05, 4.69) is 5.32 Å². The number of hydrogen-bond acceptors (Lipinski definition) is 4. The standard InChI is InChI=1S/C7H9NO3S/c9-7-3-1-6(2-4-7)8-5-12(10)11/h1-4,8-9,12H,5H2. The van der Waals surface area contributed by atoms with Gasteiger partial charge in [-0.15, -0.1) is 0 Å². The van der Waals surface area contributed by atoms with Gasteiger partial charge in [-0.05, 0) is 24.3 Å². The molecule has 0 aliphatic heterocycles. The number of benzene rings is 1. The highest BCUT2D eigenvalue weighted by Crippen LogP contribution is 2.12. The molecule has 0 heterocycles. The van der Waals surface area contributed by atoms with Gasteiger partial charge in [0.15, 0.2) is 10.7 Å². The Kier molecular flexibility index (Phi) is 2.93. The first-order valence-corrected chi connectivity index (χ1v) is 4.69. The second-order valence-electron chi connectivity index (χ2n) is 2.21. The molecule has 0 atom stereocenters. The van der Waals surface area contributed by atoms with Crippen molar-refractivity contribution in [2.24, 2.45) is 0 Å². The minimum atomic E-state index is -2.41. The van der Waals surface area contributed by atoms with Crippen LogP contribution in [0.5, 0.6) is 5.75 Å². The van der Waals surface area contributed by atoms with Crippen LogP contribution >= 0.6 is 0 Å². The largest absolute Gasteiger partial charge is 0.508 e. The molecule has 66 valence electrons. The molecule has 1 aromatic carbocycles. The molecule has 0 aliphatic carbocycles. The summed E-state index contributed by atoms with van der Waals surface area (Å²) in [6.45, 7) is 0. The normalized spacial score (nSPS) is 10.1. The lowest BCUT2D eigenvalue weighted by Crippen LogP contribution is -2.01. The maximum atomic E-state index is 10.2. The number of nitrogens with one attached hydrogen (secondary N) is 1. The van der Waals surface area contributed by atoms with E-state index in [4.69, 9.17) is 5.11 Å². The van der Waals surface area contributed by atoms with Crippen molar-refractivity contribution in [2.45, 2.75) is 0 Å². The van der Waals surface area contributed by atoms with Gasteiger partial charge in [0.25, 0.3) is 0 Å². The van der Waals surface area contributed by atoms with Crippen LogP contribution in [0.15, 0.2) is 24.3 Å². The van der Waals surface area contributed by atoms with Gasteiger partial charge in [0, 0.05) is 5.69 Å². The van der Waals surface area contributed by atoms with Crippen molar-refractivity contribution in [2.75, 3.05) is 11.2 Å². The molecule has 0 fully saturated rings. The van der Waals surface area contributed by atoms with Crippen molar-refractivity contribution in [3.05, 3.63) is 24.3 Å². The molecule has 1 rings (SSSR count). The Hall–Kier alpha value is -1.23. The van der Waals surface area contributed by atoms with E-state index < -0.39 is 10.7 Å². The molecular formula is C7H9NO3S. The maximum Gasteiger partial charge on any atom is 0.158 e. The predicted octanol–water partition coefficient (Wildman–Crippen LogP) is 0.373.